The quantitative estimate of drug-likeness (QED) is 0.477. The van der Waals surface area contributed by atoms with Gasteiger partial charge in [-0.15, -0.1) is 11.3 Å². The molecule has 1 aliphatic heterocycles. The van der Waals surface area contributed by atoms with Crippen LogP contribution in [0.4, 0.5) is 4.39 Å². The number of carbonyl (C=O) groups excluding carboxylic acids is 2. The van der Waals surface area contributed by atoms with Gasteiger partial charge in [0.2, 0.25) is 5.71 Å². The molecule has 8 heteroatoms. The Bertz CT molecular complexity index is 1230. The fourth-order valence-corrected chi connectivity index (χ4v) is 4.04. The molecule has 0 spiro atoms. The second-order valence-corrected chi connectivity index (χ2v) is 7.40. The van der Waals surface area contributed by atoms with Gasteiger partial charge in [0.25, 0.3) is 11.8 Å². The van der Waals surface area contributed by atoms with Crippen LogP contribution in [0.5, 0.6) is 0 Å². The number of halogens is 1. The van der Waals surface area contributed by atoms with E-state index in [-0.39, 0.29) is 23.5 Å². The lowest BCUT2D eigenvalue weighted by atomic mass is 9.95. The number of hydrogen-bond donors (Lipinski definition) is 0. The summed E-state index contributed by atoms with van der Waals surface area (Å²) < 4.78 is 19.6. The van der Waals surface area contributed by atoms with Crippen molar-refractivity contribution in [1.82, 2.24) is 9.88 Å². The van der Waals surface area contributed by atoms with Gasteiger partial charge in [0.05, 0.1) is 4.70 Å². The van der Waals surface area contributed by atoms with E-state index >= 15 is 0 Å². The molecular weight excluding hydrogens is 393 g/mol. The monoisotopic (exact) mass is 407 g/mol. The molecule has 0 radical (unpaired) electrons. The van der Waals surface area contributed by atoms with Crippen molar-refractivity contribution in [1.29, 1.82) is 5.26 Å². The molecule has 0 saturated heterocycles. The maximum absolute atomic E-state index is 13.1. The van der Waals surface area contributed by atoms with Crippen LogP contribution in [0, 0.1) is 17.1 Å². The van der Waals surface area contributed by atoms with Crippen molar-refractivity contribution < 1.29 is 18.4 Å². The number of nitrogens with zero attached hydrogens (tertiary/aromatic N) is 3. The summed E-state index contributed by atoms with van der Waals surface area (Å²) in [6, 6.07) is 9.65. The highest BCUT2D eigenvalue weighted by Crippen LogP contribution is 2.34. The first-order valence-electron chi connectivity index (χ1n) is 8.78. The molecule has 2 aromatic heterocycles. The van der Waals surface area contributed by atoms with Crippen molar-refractivity contribution in [3.8, 4) is 16.6 Å². The predicted octanol–water partition coefficient (Wildman–Crippen LogP) is 4.31. The first-order chi connectivity index (χ1) is 13.9. The van der Waals surface area contributed by atoms with Gasteiger partial charge in [0.1, 0.15) is 28.2 Å². The highest BCUT2D eigenvalue weighted by atomic mass is 32.1. The van der Waals surface area contributed by atoms with E-state index in [0.29, 0.717) is 22.1 Å². The Morgan fingerprint density at radius 3 is 2.62 bits per heavy atom. The van der Waals surface area contributed by atoms with Crippen LogP contribution in [0.25, 0.3) is 27.1 Å². The van der Waals surface area contributed by atoms with Crippen molar-refractivity contribution in [2.45, 2.75) is 13.8 Å². The van der Waals surface area contributed by atoms with Crippen molar-refractivity contribution in [2.75, 3.05) is 6.54 Å². The lowest BCUT2D eigenvalue weighted by Crippen LogP contribution is -2.42. The fraction of sp³-hybridized carbons (Fsp3) is 0.143. The van der Waals surface area contributed by atoms with E-state index in [0.717, 1.165) is 15.2 Å². The van der Waals surface area contributed by atoms with Crippen LogP contribution in [0.15, 0.2) is 51.5 Å². The van der Waals surface area contributed by atoms with Crippen LogP contribution in [-0.4, -0.2) is 28.2 Å². The number of rotatable bonds is 3. The number of carbonyl (C=O) groups is 2. The SMILES string of the molecule is CCN1C(=O)C(C#N)=C(C)/C(=C/c2cc3sc(-c4ccc(F)cc4)nc3o2)C1=O. The minimum atomic E-state index is -0.583. The number of imide groups is 1. The summed E-state index contributed by atoms with van der Waals surface area (Å²) in [4.78, 5) is 30.4. The van der Waals surface area contributed by atoms with E-state index in [4.69, 9.17) is 4.42 Å². The van der Waals surface area contributed by atoms with Crippen molar-refractivity contribution in [3.63, 3.8) is 0 Å². The van der Waals surface area contributed by atoms with Gasteiger partial charge in [-0.25, -0.2) is 9.37 Å². The van der Waals surface area contributed by atoms with E-state index in [1.807, 2.05) is 6.07 Å². The van der Waals surface area contributed by atoms with Gasteiger partial charge in [0.15, 0.2) is 0 Å². The Hall–Kier alpha value is -3.57. The predicted molar refractivity (Wildman–Crippen MR) is 106 cm³/mol. The summed E-state index contributed by atoms with van der Waals surface area (Å²) >= 11 is 1.38. The van der Waals surface area contributed by atoms with Gasteiger partial charge in [-0.3, -0.25) is 14.5 Å². The van der Waals surface area contributed by atoms with Crippen LogP contribution in [0.1, 0.15) is 19.6 Å². The normalized spacial score (nSPS) is 16.2. The largest absolute Gasteiger partial charge is 0.437 e. The van der Waals surface area contributed by atoms with Crippen LogP contribution in [-0.2, 0) is 9.59 Å². The van der Waals surface area contributed by atoms with E-state index in [1.54, 1.807) is 32.0 Å². The highest BCUT2D eigenvalue weighted by Gasteiger charge is 2.34. The molecule has 144 valence electrons. The number of furan rings is 1. The summed E-state index contributed by atoms with van der Waals surface area (Å²) in [7, 11) is 0. The Balaban J connectivity index is 1.74. The van der Waals surface area contributed by atoms with E-state index in [1.165, 1.54) is 29.5 Å². The van der Waals surface area contributed by atoms with Crippen LogP contribution in [0.2, 0.25) is 0 Å². The highest BCUT2D eigenvalue weighted by molar-refractivity contribution is 7.21. The van der Waals surface area contributed by atoms with Gasteiger partial charge >= 0.3 is 0 Å². The van der Waals surface area contributed by atoms with Crippen molar-refractivity contribution in [2.24, 2.45) is 0 Å². The summed E-state index contributed by atoms with van der Waals surface area (Å²) in [5.41, 5.74) is 1.69. The molecular formula is C21H14FN3O3S. The zero-order chi connectivity index (χ0) is 20.7. The Labute approximate surface area is 169 Å². The number of nitriles is 1. The van der Waals surface area contributed by atoms with E-state index < -0.39 is 11.8 Å². The molecule has 3 aromatic rings. The molecule has 0 bridgehead atoms. The summed E-state index contributed by atoms with van der Waals surface area (Å²) in [5, 5.41) is 10.00. The van der Waals surface area contributed by atoms with Crippen molar-refractivity contribution in [3.05, 3.63) is 58.6 Å². The number of amides is 2. The standard InChI is InChI=1S/C21H14FN3O3S/c1-3-25-20(26)15(11(2)16(10-23)21(25)27)8-14-9-17-18(28-14)24-19(29-17)12-4-6-13(22)7-5-12/h4-9H,3H2,1-2H3/b15-8-. The second kappa shape index (κ2) is 7.11. The molecule has 0 unspecified atom stereocenters. The average molecular weight is 407 g/mol. The maximum Gasteiger partial charge on any atom is 0.271 e. The lowest BCUT2D eigenvalue weighted by Gasteiger charge is -2.25. The molecule has 0 fully saturated rings. The molecule has 0 atom stereocenters. The maximum atomic E-state index is 13.1. The number of benzene rings is 1. The minimum Gasteiger partial charge on any atom is -0.437 e. The fourth-order valence-electron chi connectivity index (χ4n) is 3.10. The number of aromatic nitrogens is 1. The molecule has 4 rings (SSSR count). The van der Waals surface area contributed by atoms with Crippen LogP contribution < -0.4 is 0 Å². The molecule has 2 amide bonds. The van der Waals surface area contributed by atoms with Gasteiger partial charge in [0, 0.05) is 23.7 Å². The topological polar surface area (TPSA) is 87.2 Å². The molecule has 6 nitrogen and oxygen atoms in total. The van der Waals surface area contributed by atoms with Gasteiger partial charge in [-0.2, -0.15) is 5.26 Å². The summed E-state index contributed by atoms with van der Waals surface area (Å²) in [6.45, 7) is 3.42. The van der Waals surface area contributed by atoms with E-state index in [2.05, 4.69) is 4.98 Å². The number of thiazole rings is 1. The number of hydrogen-bond acceptors (Lipinski definition) is 6. The summed E-state index contributed by atoms with van der Waals surface area (Å²) in [6.07, 6.45) is 1.52. The molecule has 0 aliphatic carbocycles. The Kier molecular flexibility index (Phi) is 4.60. The van der Waals surface area contributed by atoms with E-state index in [9.17, 15) is 19.2 Å². The molecule has 3 heterocycles. The third kappa shape index (κ3) is 3.15. The molecule has 1 aliphatic rings. The van der Waals surface area contributed by atoms with Crippen LogP contribution >= 0.6 is 11.3 Å². The molecule has 0 saturated carbocycles. The number of fused-ring (bicyclic) bond motifs is 1. The summed E-state index contributed by atoms with van der Waals surface area (Å²) in [5.74, 6) is -0.969. The first-order valence-corrected chi connectivity index (χ1v) is 9.60. The third-order valence-electron chi connectivity index (χ3n) is 4.63. The van der Waals surface area contributed by atoms with Gasteiger partial charge in [-0.05, 0) is 49.8 Å². The minimum absolute atomic E-state index is 0.0530. The molecule has 29 heavy (non-hydrogen) atoms. The second-order valence-electron chi connectivity index (χ2n) is 6.37. The van der Waals surface area contributed by atoms with Gasteiger partial charge in [-0.1, -0.05) is 0 Å². The average Bonchev–Trinajstić information content (AvgIpc) is 3.25. The number of likely N-dealkylation sites (N-methyl/N-ethyl adjacent to an activating group) is 1. The Morgan fingerprint density at radius 1 is 1.28 bits per heavy atom. The lowest BCUT2D eigenvalue weighted by molar-refractivity contribution is -0.140. The van der Waals surface area contributed by atoms with Gasteiger partial charge < -0.3 is 4.42 Å². The van der Waals surface area contributed by atoms with Crippen LogP contribution in [0.3, 0.4) is 0 Å². The molecule has 1 aromatic carbocycles. The zero-order valence-electron chi connectivity index (χ0n) is 15.5. The third-order valence-corrected chi connectivity index (χ3v) is 5.66. The Morgan fingerprint density at radius 2 is 2.00 bits per heavy atom. The molecule has 0 N–H and O–H groups in total. The van der Waals surface area contributed by atoms with Crippen molar-refractivity contribution >= 4 is 39.6 Å². The zero-order valence-corrected chi connectivity index (χ0v) is 16.3. The smallest absolute Gasteiger partial charge is 0.271 e. The first kappa shape index (κ1) is 18.8.